The van der Waals surface area contributed by atoms with Gasteiger partial charge >= 0.3 is 0 Å². The van der Waals surface area contributed by atoms with Crippen LogP contribution in [0.2, 0.25) is 0 Å². The Hall–Kier alpha value is -1.95. The fourth-order valence-corrected chi connectivity index (χ4v) is 4.41. The van der Waals surface area contributed by atoms with E-state index in [-0.39, 0.29) is 23.5 Å². The molecule has 0 saturated carbocycles. The van der Waals surface area contributed by atoms with Gasteiger partial charge in [0.25, 0.3) is 5.91 Å². The summed E-state index contributed by atoms with van der Waals surface area (Å²) in [6.07, 6.45) is 0.959. The molecular formula is C17H20N2O3S. The van der Waals surface area contributed by atoms with Gasteiger partial charge in [-0.3, -0.25) is 9.78 Å². The van der Waals surface area contributed by atoms with Crippen molar-refractivity contribution >= 4 is 26.6 Å². The Morgan fingerprint density at radius 2 is 1.87 bits per heavy atom. The van der Waals surface area contributed by atoms with Crippen LogP contribution >= 0.6 is 0 Å². The van der Waals surface area contributed by atoms with Crippen molar-refractivity contribution in [2.24, 2.45) is 0 Å². The molecule has 122 valence electrons. The van der Waals surface area contributed by atoms with E-state index in [2.05, 4.69) is 10.3 Å². The van der Waals surface area contributed by atoms with Gasteiger partial charge in [0.2, 0.25) is 0 Å². The van der Waals surface area contributed by atoms with Crippen molar-refractivity contribution in [2.75, 3.05) is 11.5 Å². The van der Waals surface area contributed by atoms with Crippen molar-refractivity contribution in [3.8, 4) is 0 Å². The summed E-state index contributed by atoms with van der Waals surface area (Å²) in [4.78, 5) is 17.0. The minimum absolute atomic E-state index is 0.0846. The minimum Gasteiger partial charge on any atom is -0.349 e. The molecule has 1 aromatic carbocycles. The summed E-state index contributed by atoms with van der Waals surface area (Å²) in [6.45, 7) is 3.82. The maximum atomic E-state index is 12.5. The van der Waals surface area contributed by atoms with E-state index >= 15 is 0 Å². The number of nitrogens with zero attached hydrogens (tertiary/aromatic N) is 1. The molecule has 0 spiro atoms. The molecule has 2 aromatic rings. The highest BCUT2D eigenvalue weighted by Gasteiger charge is 2.25. The summed E-state index contributed by atoms with van der Waals surface area (Å²) in [7, 11) is -2.92. The van der Waals surface area contributed by atoms with Crippen molar-refractivity contribution in [3.63, 3.8) is 0 Å². The molecule has 0 radical (unpaired) electrons. The maximum absolute atomic E-state index is 12.5. The average Bonchev–Trinajstić information content (AvgIpc) is 2.49. The lowest BCUT2D eigenvalue weighted by Crippen LogP contribution is -2.41. The minimum atomic E-state index is -2.92. The molecule has 0 bridgehead atoms. The Balaban J connectivity index is 1.82. The predicted octanol–water partition coefficient (Wildman–Crippen LogP) is 2.16. The van der Waals surface area contributed by atoms with E-state index in [9.17, 15) is 13.2 Å². The first-order valence-corrected chi connectivity index (χ1v) is 9.55. The largest absolute Gasteiger partial charge is 0.349 e. The highest BCUT2D eigenvalue weighted by Crippen LogP contribution is 2.19. The Morgan fingerprint density at radius 3 is 2.57 bits per heavy atom. The van der Waals surface area contributed by atoms with Crippen LogP contribution in [0, 0.1) is 13.8 Å². The Kier molecular flexibility index (Phi) is 4.10. The normalized spacial score (nSPS) is 18.0. The second-order valence-electron chi connectivity index (χ2n) is 6.22. The van der Waals surface area contributed by atoms with Gasteiger partial charge in [0, 0.05) is 11.4 Å². The molecule has 1 aliphatic rings. The number of sulfone groups is 1. The predicted molar refractivity (Wildman–Crippen MR) is 90.4 cm³/mol. The maximum Gasteiger partial charge on any atom is 0.253 e. The molecule has 0 atom stereocenters. The monoisotopic (exact) mass is 332 g/mol. The van der Waals surface area contributed by atoms with E-state index < -0.39 is 9.84 Å². The van der Waals surface area contributed by atoms with Gasteiger partial charge in [-0.05, 0) is 44.9 Å². The van der Waals surface area contributed by atoms with Crippen LogP contribution in [-0.2, 0) is 9.84 Å². The molecule has 6 heteroatoms. The van der Waals surface area contributed by atoms with Crippen molar-refractivity contribution in [1.29, 1.82) is 0 Å². The molecule has 23 heavy (non-hydrogen) atoms. The van der Waals surface area contributed by atoms with Crippen molar-refractivity contribution < 1.29 is 13.2 Å². The Morgan fingerprint density at radius 1 is 1.17 bits per heavy atom. The van der Waals surface area contributed by atoms with Crippen LogP contribution in [0.15, 0.2) is 24.3 Å². The molecule has 0 aliphatic carbocycles. The molecule has 1 fully saturated rings. The van der Waals surface area contributed by atoms with Gasteiger partial charge in [0.1, 0.15) is 9.84 Å². The molecule has 1 aromatic heterocycles. The standard InChI is InChI=1S/C17H20N2O3S/c1-11-3-4-16-13(9-11)10-15(12(2)18-16)17(20)19-14-5-7-23(21,22)8-6-14/h3-4,9-10,14H,5-8H2,1-2H3,(H,19,20). The van der Waals surface area contributed by atoms with Gasteiger partial charge in [-0.1, -0.05) is 11.6 Å². The number of pyridine rings is 1. The van der Waals surface area contributed by atoms with Crippen LogP contribution in [0.3, 0.4) is 0 Å². The number of hydrogen-bond acceptors (Lipinski definition) is 4. The topological polar surface area (TPSA) is 76.1 Å². The van der Waals surface area contributed by atoms with Gasteiger partial charge in [-0.2, -0.15) is 0 Å². The fourth-order valence-electron chi connectivity index (χ4n) is 2.92. The van der Waals surface area contributed by atoms with Gasteiger partial charge in [0.05, 0.1) is 28.3 Å². The summed E-state index contributed by atoms with van der Waals surface area (Å²) in [5.41, 5.74) is 3.22. The van der Waals surface area contributed by atoms with Gasteiger partial charge < -0.3 is 5.32 Å². The van der Waals surface area contributed by atoms with Gasteiger partial charge in [-0.15, -0.1) is 0 Å². The fraction of sp³-hybridized carbons (Fsp3) is 0.412. The zero-order valence-corrected chi connectivity index (χ0v) is 14.1. The third-order valence-corrected chi connectivity index (χ3v) is 6.01. The second-order valence-corrected chi connectivity index (χ2v) is 8.52. The van der Waals surface area contributed by atoms with E-state index in [0.717, 1.165) is 16.5 Å². The average molecular weight is 332 g/mol. The number of benzene rings is 1. The van der Waals surface area contributed by atoms with E-state index in [0.29, 0.717) is 24.1 Å². The molecule has 1 saturated heterocycles. The van der Waals surface area contributed by atoms with Crippen LogP contribution < -0.4 is 5.32 Å². The zero-order chi connectivity index (χ0) is 16.6. The lowest BCUT2D eigenvalue weighted by atomic mass is 10.1. The molecule has 3 rings (SSSR count). The van der Waals surface area contributed by atoms with Crippen molar-refractivity contribution in [2.45, 2.75) is 32.7 Å². The van der Waals surface area contributed by atoms with E-state index in [1.54, 1.807) is 0 Å². The molecule has 5 nitrogen and oxygen atoms in total. The van der Waals surface area contributed by atoms with Gasteiger partial charge in [0.15, 0.2) is 0 Å². The molecule has 0 unspecified atom stereocenters. The molecular weight excluding hydrogens is 312 g/mol. The van der Waals surface area contributed by atoms with Gasteiger partial charge in [-0.25, -0.2) is 8.42 Å². The van der Waals surface area contributed by atoms with Crippen LogP contribution in [0.4, 0.5) is 0 Å². The second kappa shape index (κ2) is 5.92. The first-order valence-electron chi connectivity index (χ1n) is 7.73. The number of aryl methyl sites for hydroxylation is 2. The van der Waals surface area contributed by atoms with Crippen molar-refractivity contribution in [3.05, 3.63) is 41.1 Å². The number of amides is 1. The summed E-state index contributed by atoms with van der Waals surface area (Å²) in [6, 6.07) is 7.73. The number of fused-ring (bicyclic) bond motifs is 1. The number of nitrogens with one attached hydrogen (secondary N) is 1. The number of rotatable bonds is 2. The van der Waals surface area contributed by atoms with Crippen LogP contribution in [0.1, 0.15) is 34.5 Å². The Labute approximate surface area is 136 Å². The molecule has 1 N–H and O–H groups in total. The highest BCUT2D eigenvalue weighted by atomic mass is 32.2. The molecule has 1 aliphatic heterocycles. The van der Waals surface area contributed by atoms with E-state index in [1.807, 2.05) is 38.1 Å². The Bertz CT molecular complexity index is 861. The summed E-state index contributed by atoms with van der Waals surface area (Å²) < 4.78 is 22.9. The quantitative estimate of drug-likeness (QED) is 0.914. The lowest BCUT2D eigenvalue weighted by Gasteiger charge is -2.23. The SMILES string of the molecule is Cc1ccc2nc(C)c(C(=O)NC3CCS(=O)(=O)CC3)cc2c1. The summed E-state index contributed by atoms with van der Waals surface area (Å²) in [5, 5.41) is 3.89. The molecule has 1 amide bonds. The summed E-state index contributed by atoms with van der Waals surface area (Å²) in [5.74, 6) is 0.112. The first kappa shape index (κ1) is 15.9. The van der Waals surface area contributed by atoms with Crippen LogP contribution in [0.25, 0.3) is 10.9 Å². The third kappa shape index (κ3) is 3.52. The number of aromatic nitrogens is 1. The highest BCUT2D eigenvalue weighted by molar-refractivity contribution is 7.91. The smallest absolute Gasteiger partial charge is 0.253 e. The lowest BCUT2D eigenvalue weighted by molar-refractivity contribution is 0.0933. The zero-order valence-electron chi connectivity index (χ0n) is 13.3. The number of carbonyl (C=O) groups is 1. The summed E-state index contributed by atoms with van der Waals surface area (Å²) >= 11 is 0. The van der Waals surface area contributed by atoms with Crippen LogP contribution in [-0.4, -0.2) is 36.9 Å². The van der Waals surface area contributed by atoms with Crippen molar-refractivity contribution in [1.82, 2.24) is 10.3 Å². The number of hydrogen-bond donors (Lipinski definition) is 1. The van der Waals surface area contributed by atoms with E-state index in [4.69, 9.17) is 0 Å². The van der Waals surface area contributed by atoms with Crippen LogP contribution in [0.5, 0.6) is 0 Å². The first-order chi connectivity index (χ1) is 10.8. The van der Waals surface area contributed by atoms with E-state index in [1.165, 1.54) is 0 Å². The third-order valence-electron chi connectivity index (χ3n) is 4.30. The number of carbonyl (C=O) groups excluding carboxylic acids is 1. The molecule has 2 heterocycles.